The predicted octanol–water partition coefficient (Wildman–Crippen LogP) is 1.56. The number of hydrogen-bond donors (Lipinski definition) is 0. The van der Waals surface area contributed by atoms with Crippen LogP contribution in [0.1, 0.15) is 13.8 Å². The number of ether oxygens (including phenoxy) is 4. The second kappa shape index (κ2) is 10.7. The first-order valence-corrected chi connectivity index (χ1v) is 4.78. The molecule has 0 fully saturated rings. The van der Waals surface area contributed by atoms with Crippen LogP contribution in [0.3, 0.4) is 0 Å². The Balaban J connectivity index is 3.11. The molecule has 0 N–H and O–H groups in total. The summed E-state index contributed by atoms with van der Waals surface area (Å²) < 4.78 is 20.3. The van der Waals surface area contributed by atoms with E-state index in [1.165, 1.54) is 0 Å². The van der Waals surface area contributed by atoms with Crippen LogP contribution in [0.5, 0.6) is 0 Å². The first-order valence-electron chi connectivity index (χ1n) is 4.78. The van der Waals surface area contributed by atoms with Gasteiger partial charge < -0.3 is 18.9 Å². The molecule has 4 heteroatoms. The fourth-order valence-electron chi connectivity index (χ4n) is 0.698. The van der Waals surface area contributed by atoms with Gasteiger partial charge in [-0.1, -0.05) is 6.58 Å². The van der Waals surface area contributed by atoms with Gasteiger partial charge >= 0.3 is 0 Å². The molecule has 84 valence electrons. The molecule has 0 saturated heterocycles. The van der Waals surface area contributed by atoms with Gasteiger partial charge in [0.25, 0.3) is 0 Å². The third-order valence-corrected chi connectivity index (χ3v) is 1.35. The SMILES string of the molecule is C=C(COCOCC)COCOCC. The number of rotatable bonds is 10. The van der Waals surface area contributed by atoms with Crippen molar-refractivity contribution in [3.63, 3.8) is 0 Å². The van der Waals surface area contributed by atoms with Gasteiger partial charge in [0, 0.05) is 13.2 Å². The Bertz CT molecular complexity index is 122. The molecule has 14 heavy (non-hydrogen) atoms. The van der Waals surface area contributed by atoms with Crippen LogP contribution >= 0.6 is 0 Å². The molecule has 0 rings (SSSR count). The highest BCUT2D eigenvalue weighted by atomic mass is 16.7. The van der Waals surface area contributed by atoms with Crippen LogP contribution in [0.25, 0.3) is 0 Å². The highest BCUT2D eigenvalue weighted by molar-refractivity contribution is 4.93. The summed E-state index contributed by atoms with van der Waals surface area (Å²) >= 11 is 0. The summed E-state index contributed by atoms with van der Waals surface area (Å²) in [6.45, 7) is 10.5. The molecule has 4 nitrogen and oxygen atoms in total. The molecule has 0 aliphatic rings. The fraction of sp³-hybridized carbons (Fsp3) is 0.800. The molecule has 0 bridgehead atoms. The summed E-state index contributed by atoms with van der Waals surface area (Å²) in [6, 6.07) is 0. The van der Waals surface area contributed by atoms with Gasteiger partial charge in [-0.15, -0.1) is 0 Å². The summed E-state index contributed by atoms with van der Waals surface area (Å²) in [6.07, 6.45) is 0. The van der Waals surface area contributed by atoms with E-state index in [4.69, 9.17) is 18.9 Å². The lowest BCUT2D eigenvalue weighted by atomic mass is 10.3. The van der Waals surface area contributed by atoms with Crippen LogP contribution in [-0.4, -0.2) is 40.0 Å². The van der Waals surface area contributed by atoms with E-state index in [-0.39, 0.29) is 0 Å². The third kappa shape index (κ3) is 9.67. The van der Waals surface area contributed by atoms with Gasteiger partial charge in [0.1, 0.15) is 13.6 Å². The summed E-state index contributed by atoms with van der Waals surface area (Å²) in [4.78, 5) is 0. The summed E-state index contributed by atoms with van der Waals surface area (Å²) in [5.74, 6) is 0. The van der Waals surface area contributed by atoms with Gasteiger partial charge in [0.15, 0.2) is 0 Å². The summed E-state index contributed by atoms with van der Waals surface area (Å²) in [5.41, 5.74) is 0.879. The van der Waals surface area contributed by atoms with E-state index in [1.807, 2.05) is 13.8 Å². The van der Waals surface area contributed by atoms with Crippen LogP contribution in [0.15, 0.2) is 12.2 Å². The first kappa shape index (κ1) is 13.6. The Kier molecular flexibility index (Phi) is 10.3. The zero-order valence-corrected chi connectivity index (χ0v) is 9.08. The van der Waals surface area contributed by atoms with Crippen molar-refractivity contribution in [3.8, 4) is 0 Å². The lowest BCUT2D eigenvalue weighted by molar-refractivity contribution is -0.0569. The van der Waals surface area contributed by atoms with E-state index < -0.39 is 0 Å². The zero-order chi connectivity index (χ0) is 10.6. The number of hydrogen-bond acceptors (Lipinski definition) is 4. The monoisotopic (exact) mass is 204 g/mol. The van der Waals surface area contributed by atoms with E-state index >= 15 is 0 Å². The van der Waals surface area contributed by atoms with Crippen LogP contribution in [0.4, 0.5) is 0 Å². The normalized spacial score (nSPS) is 10.4. The van der Waals surface area contributed by atoms with E-state index in [9.17, 15) is 0 Å². The quantitative estimate of drug-likeness (QED) is 0.307. The molecule has 0 spiro atoms. The molecular formula is C10H20O4. The molecule has 0 unspecified atom stereocenters. The summed E-state index contributed by atoms with van der Waals surface area (Å²) in [7, 11) is 0. The zero-order valence-electron chi connectivity index (χ0n) is 9.08. The molecule has 0 radical (unpaired) electrons. The highest BCUT2D eigenvalue weighted by Crippen LogP contribution is 1.93. The topological polar surface area (TPSA) is 36.9 Å². The minimum Gasteiger partial charge on any atom is -0.356 e. The standard InChI is InChI=1S/C10H20O4/c1-4-11-8-13-6-10(3)7-14-9-12-5-2/h3-9H2,1-2H3. The lowest BCUT2D eigenvalue weighted by Crippen LogP contribution is -2.08. The van der Waals surface area contributed by atoms with Gasteiger partial charge in [-0.05, 0) is 19.4 Å². The van der Waals surface area contributed by atoms with Crippen molar-refractivity contribution in [2.75, 3.05) is 40.0 Å². The molecule has 0 amide bonds. The Hall–Kier alpha value is -0.420. The second-order valence-corrected chi connectivity index (χ2v) is 2.67. The van der Waals surface area contributed by atoms with Crippen LogP contribution in [-0.2, 0) is 18.9 Å². The third-order valence-electron chi connectivity index (χ3n) is 1.35. The Morgan fingerprint density at radius 1 is 0.857 bits per heavy atom. The van der Waals surface area contributed by atoms with Gasteiger partial charge in [0.2, 0.25) is 0 Å². The summed E-state index contributed by atoms with van der Waals surface area (Å²) in [5, 5.41) is 0. The van der Waals surface area contributed by atoms with E-state index in [1.54, 1.807) is 0 Å². The Morgan fingerprint density at radius 2 is 1.29 bits per heavy atom. The van der Waals surface area contributed by atoms with Crippen molar-refractivity contribution in [2.45, 2.75) is 13.8 Å². The molecule has 0 aromatic carbocycles. The largest absolute Gasteiger partial charge is 0.356 e. The van der Waals surface area contributed by atoms with Gasteiger partial charge in [0.05, 0.1) is 13.2 Å². The maximum absolute atomic E-state index is 5.15. The van der Waals surface area contributed by atoms with Crippen molar-refractivity contribution in [2.24, 2.45) is 0 Å². The van der Waals surface area contributed by atoms with Crippen LogP contribution in [0.2, 0.25) is 0 Å². The van der Waals surface area contributed by atoms with Gasteiger partial charge in [-0.3, -0.25) is 0 Å². The van der Waals surface area contributed by atoms with Crippen molar-refractivity contribution >= 4 is 0 Å². The highest BCUT2D eigenvalue weighted by Gasteiger charge is 1.95. The van der Waals surface area contributed by atoms with Gasteiger partial charge in [-0.2, -0.15) is 0 Å². The van der Waals surface area contributed by atoms with E-state index in [2.05, 4.69) is 6.58 Å². The first-order chi connectivity index (χ1) is 6.81. The van der Waals surface area contributed by atoms with Crippen LogP contribution in [0, 0.1) is 0 Å². The smallest absolute Gasteiger partial charge is 0.147 e. The minimum absolute atomic E-state index is 0.307. The van der Waals surface area contributed by atoms with Crippen molar-refractivity contribution in [1.29, 1.82) is 0 Å². The fourth-order valence-corrected chi connectivity index (χ4v) is 0.698. The molecule has 0 aromatic rings. The van der Waals surface area contributed by atoms with E-state index in [0.29, 0.717) is 40.0 Å². The average molecular weight is 204 g/mol. The lowest BCUT2D eigenvalue weighted by Gasteiger charge is -2.07. The molecule has 0 saturated carbocycles. The molecule has 0 aliphatic carbocycles. The molecule has 0 aliphatic heterocycles. The molecular weight excluding hydrogens is 184 g/mol. The van der Waals surface area contributed by atoms with E-state index in [0.717, 1.165) is 5.57 Å². The van der Waals surface area contributed by atoms with Crippen LogP contribution < -0.4 is 0 Å². The average Bonchev–Trinajstić information content (AvgIpc) is 2.19. The maximum Gasteiger partial charge on any atom is 0.147 e. The Morgan fingerprint density at radius 3 is 1.64 bits per heavy atom. The minimum atomic E-state index is 0.307. The van der Waals surface area contributed by atoms with Gasteiger partial charge in [-0.25, -0.2) is 0 Å². The van der Waals surface area contributed by atoms with Crippen molar-refractivity contribution < 1.29 is 18.9 Å². The van der Waals surface area contributed by atoms with Crippen molar-refractivity contribution in [3.05, 3.63) is 12.2 Å². The predicted molar refractivity (Wildman–Crippen MR) is 54.0 cm³/mol. The molecule has 0 heterocycles. The second-order valence-electron chi connectivity index (χ2n) is 2.67. The molecule has 0 atom stereocenters. The van der Waals surface area contributed by atoms with Crippen molar-refractivity contribution in [1.82, 2.24) is 0 Å². The Labute approximate surface area is 85.8 Å². The maximum atomic E-state index is 5.15. The molecule has 0 aromatic heterocycles.